The summed E-state index contributed by atoms with van der Waals surface area (Å²) >= 11 is 0. The first-order valence-electron chi connectivity index (χ1n) is 10.1. The molecule has 0 spiro atoms. The van der Waals surface area contributed by atoms with Crippen molar-refractivity contribution in [2.24, 2.45) is 23.7 Å². The number of allylic oxidation sites excluding steroid dienone is 2. The molecule has 0 N–H and O–H groups in total. The van der Waals surface area contributed by atoms with Crippen LogP contribution < -0.4 is 0 Å². The predicted octanol–water partition coefficient (Wildman–Crippen LogP) is 5.17. The second-order valence-electron chi connectivity index (χ2n) is 8.24. The van der Waals surface area contributed by atoms with Crippen molar-refractivity contribution in [2.75, 3.05) is 0 Å². The minimum Gasteiger partial charge on any atom is -0.462 e. The van der Waals surface area contributed by atoms with Crippen LogP contribution in [0.4, 0.5) is 0 Å². The van der Waals surface area contributed by atoms with Gasteiger partial charge in [-0.3, -0.25) is 9.78 Å². The van der Waals surface area contributed by atoms with Crippen molar-refractivity contribution >= 4 is 22.9 Å². The SMILES string of the molecule is C[C@H]1OC(=O)[C@@H]2C=C3CCCC[C@H]3[C@H](/C=C/c3cnc4ccccc4c3)[C@H]12. The van der Waals surface area contributed by atoms with E-state index in [4.69, 9.17) is 4.74 Å². The van der Waals surface area contributed by atoms with E-state index >= 15 is 0 Å². The Labute approximate surface area is 160 Å². The van der Waals surface area contributed by atoms with Crippen LogP contribution in [0.3, 0.4) is 0 Å². The molecule has 27 heavy (non-hydrogen) atoms. The maximum atomic E-state index is 12.4. The van der Waals surface area contributed by atoms with Gasteiger partial charge in [0.1, 0.15) is 6.10 Å². The quantitative estimate of drug-likeness (QED) is 0.548. The molecular formula is C24H25NO2. The molecule has 2 fully saturated rings. The highest BCUT2D eigenvalue weighted by atomic mass is 16.6. The van der Waals surface area contributed by atoms with Gasteiger partial charge in [-0.15, -0.1) is 0 Å². The molecule has 0 radical (unpaired) electrons. The van der Waals surface area contributed by atoms with Crippen molar-refractivity contribution in [1.82, 2.24) is 4.98 Å². The summed E-state index contributed by atoms with van der Waals surface area (Å²) in [6.45, 7) is 2.06. The number of fused-ring (bicyclic) bond motifs is 3. The molecule has 2 aliphatic carbocycles. The van der Waals surface area contributed by atoms with Gasteiger partial charge >= 0.3 is 5.97 Å². The Morgan fingerprint density at radius 3 is 3.04 bits per heavy atom. The highest BCUT2D eigenvalue weighted by Crippen LogP contribution is 2.50. The maximum Gasteiger partial charge on any atom is 0.313 e. The van der Waals surface area contributed by atoms with E-state index in [0.717, 1.165) is 22.9 Å². The van der Waals surface area contributed by atoms with Crippen molar-refractivity contribution in [1.29, 1.82) is 0 Å². The van der Waals surface area contributed by atoms with Gasteiger partial charge in [0, 0.05) is 17.5 Å². The minimum absolute atomic E-state index is 0.00777. The average molecular weight is 359 g/mol. The molecule has 0 unspecified atom stereocenters. The Morgan fingerprint density at radius 2 is 2.11 bits per heavy atom. The van der Waals surface area contributed by atoms with Crippen molar-refractivity contribution in [3.63, 3.8) is 0 Å². The Balaban J connectivity index is 1.50. The maximum absolute atomic E-state index is 12.4. The zero-order valence-corrected chi connectivity index (χ0v) is 15.7. The van der Waals surface area contributed by atoms with Crippen LogP contribution in [-0.4, -0.2) is 17.1 Å². The molecule has 3 aliphatic rings. The predicted molar refractivity (Wildman–Crippen MR) is 107 cm³/mol. The summed E-state index contributed by atoms with van der Waals surface area (Å²) in [5, 5.41) is 1.16. The van der Waals surface area contributed by atoms with Crippen LogP contribution in [0.2, 0.25) is 0 Å². The van der Waals surface area contributed by atoms with Gasteiger partial charge in [0.25, 0.3) is 0 Å². The lowest BCUT2D eigenvalue weighted by Gasteiger charge is -2.40. The number of carbonyl (C=O) groups is 1. The molecule has 2 heterocycles. The van der Waals surface area contributed by atoms with Crippen molar-refractivity contribution in [3.8, 4) is 0 Å². The molecule has 138 valence electrons. The Kier molecular flexibility index (Phi) is 4.11. The zero-order valence-electron chi connectivity index (χ0n) is 15.7. The smallest absolute Gasteiger partial charge is 0.313 e. The van der Waals surface area contributed by atoms with E-state index in [1.54, 1.807) is 0 Å². The molecule has 1 saturated carbocycles. The monoisotopic (exact) mass is 359 g/mol. The summed E-state index contributed by atoms with van der Waals surface area (Å²) in [6, 6.07) is 10.4. The van der Waals surface area contributed by atoms with E-state index in [-0.39, 0.29) is 23.9 Å². The highest BCUT2D eigenvalue weighted by molar-refractivity contribution is 5.80. The van der Waals surface area contributed by atoms with Crippen molar-refractivity contribution in [3.05, 3.63) is 59.8 Å². The standard InChI is InChI=1S/C24H25NO2/c1-15-23-20(11-10-16-12-18-7-3-5-9-22(18)25-14-16)19-8-4-2-6-17(19)13-21(23)24(26)27-15/h3,5,7,9-15,19-21,23H,2,4,6,8H2,1H3/b11-10+/t15-,19-,20+,21-,23+/m1/s1. The second kappa shape index (κ2) is 6.63. The lowest BCUT2D eigenvalue weighted by atomic mass is 9.62. The van der Waals surface area contributed by atoms with Crippen LogP contribution in [0.5, 0.6) is 0 Å². The molecule has 1 aromatic heterocycles. The molecule has 0 amide bonds. The van der Waals surface area contributed by atoms with Crippen molar-refractivity contribution in [2.45, 2.75) is 38.7 Å². The molecule has 1 saturated heterocycles. The number of para-hydroxylation sites is 1. The largest absolute Gasteiger partial charge is 0.462 e. The van der Waals surface area contributed by atoms with Crippen LogP contribution in [0.1, 0.15) is 38.2 Å². The van der Waals surface area contributed by atoms with Crippen LogP contribution in [0.15, 0.2) is 54.3 Å². The molecule has 3 heteroatoms. The summed E-state index contributed by atoms with van der Waals surface area (Å²) in [7, 11) is 0. The van der Waals surface area contributed by atoms with E-state index < -0.39 is 0 Å². The van der Waals surface area contributed by atoms with E-state index in [1.165, 1.54) is 24.8 Å². The fourth-order valence-corrected chi connectivity index (χ4v) is 5.39. The van der Waals surface area contributed by atoms with Crippen molar-refractivity contribution < 1.29 is 9.53 Å². The summed E-state index contributed by atoms with van der Waals surface area (Å²) in [4.78, 5) is 16.9. The van der Waals surface area contributed by atoms with Gasteiger partial charge in [-0.1, -0.05) is 48.4 Å². The summed E-state index contributed by atoms with van der Waals surface area (Å²) < 4.78 is 5.62. The third kappa shape index (κ3) is 2.90. The summed E-state index contributed by atoms with van der Waals surface area (Å²) in [6.07, 6.45) is 13.6. The molecule has 0 bridgehead atoms. The number of aromatic nitrogens is 1. The lowest BCUT2D eigenvalue weighted by Crippen LogP contribution is -2.37. The minimum atomic E-state index is -0.0614. The number of rotatable bonds is 2. The Hall–Kier alpha value is -2.42. The number of ether oxygens (including phenoxy) is 1. The number of hydrogen-bond donors (Lipinski definition) is 0. The number of cyclic esters (lactones) is 1. The van der Waals surface area contributed by atoms with Gasteiger partial charge in [-0.25, -0.2) is 0 Å². The Bertz CT molecular complexity index is 944. The van der Waals surface area contributed by atoms with E-state index in [9.17, 15) is 4.79 Å². The lowest BCUT2D eigenvalue weighted by molar-refractivity contribution is -0.142. The van der Waals surface area contributed by atoms with Crippen LogP contribution in [0, 0.1) is 23.7 Å². The molecule has 1 aliphatic heterocycles. The van der Waals surface area contributed by atoms with Gasteiger partial charge in [0.2, 0.25) is 0 Å². The van der Waals surface area contributed by atoms with Gasteiger partial charge in [-0.05, 0) is 55.7 Å². The van der Waals surface area contributed by atoms with Gasteiger partial charge in [0.15, 0.2) is 0 Å². The van der Waals surface area contributed by atoms with Crippen LogP contribution >= 0.6 is 0 Å². The normalized spacial score (nSPS) is 32.9. The third-order valence-electron chi connectivity index (χ3n) is 6.66. The van der Waals surface area contributed by atoms with Crippen LogP contribution in [-0.2, 0) is 9.53 Å². The number of esters is 1. The molecule has 5 rings (SSSR count). The number of nitrogens with zero attached hydrogens (tertiary/aromatic N) is 1. The number of benzene rings is 1. The zero-order chi connectivity index (χ0) is 18.4. The highest BCUT2D eigenvalue weighted by Gasteiger charge is 2.50. The van der Waals surface area contributed by atoms with Crippen LogP contribution in [0.25, 0.3) is 17.0 Å². The summed E-state index contributed by atoms with van der Waals surface area (Å²) in [5.41, 5.74) is 3.63. The summed E-state index contributed by atoms with van der Waals surface area (Å²) in [5.74, 6) is 1.09. The van der Waals surface area contributed by atoms with E-state index in [0.29, 0.717) is 11.8 Å². The number of pyridine rings is 1. The van der Waals surface area contributed by atoms with Gasteiger partial charge in [0.05, 0.1) is 11.4 Å². The first-order chi connectivity index (χ1) is 13.2. The first-order valence-corrected chi connectivity index (χ1v) is 10.1. The molecule has 1 aromatic carbocycles. The Morgan fingerprint density at radius 1 is 1.22 bits per heavy atom. The van der Waals surface area contributed by atoms with Gasteiger partial charge < -0.3 is 4.74 Å². The third-order valence-corrected chi connectivity index (χ3v) is 6.66. The van der Waals surface area contributed by atoms with E-state index in [1.807, 2.05) is 24.4 Å². The molecule has 3 nitrogen and oxygen atoms in total. The fourth-order valence-electron chi connectivity index (χ4n) is 5.39. The van der Waals surface area contributed by atoms with E-state index in [2.05, 4.69) is 42.3 Å². The fraction of sp³-hybridized carbons (Fsp3) is 0.417. The topological polar surface area (TPSA) is 39.2 Å². The second-order valence-corrected chi connectivity index (χ2v) is 8.24. The molecular weight excluding hydrogens is 334 g/mol. The molecule has 5 atom stereocenters. The molecule has 2 aromatic rings. The number of carbonyl (C=O) groups excluding carboxylic acids is 1. The average Bonchev–Trinajstić information content (AvgIpc) is 2.98. The first kappa shape index (κ1) is 16.7. The number of hydrogen-bond acceptors (Lipinski definition) is 3. The van der Waals surface area contributed by atoms with Gasteiger partial charge in [-0.2, -0.15) is 0 Å².